The van der Waals surface area contributed by atoms with E-state index in [1.54, 1.807) is 24.7 Å². The highest BCUT2D eigenvalue weighted by Crippen LogP contribution is 2.20. The number of aromatic amines is 1. The van der Waals surface area contributed by atoms with Crippen LogP contribution in [0.25, 0.3) is 11.0 Å². The predicted octanol–water partition coefficient (Wildman–Crippen LogP) is 3.74. The van der Waals surface area contributed by atoms with E-state index in [0.29, 0.717) is 29.7 Å². The van der Waals surface area contributed by atoms with Gasteiger partial charge in [-0.3, -0.25) is 0 Å². The standard InChI is InChI=1S/C18H14ClFN6/c19-16-2-1-11(5-21-16)6-24-18-25-7-12(8-26-18)3-13-9-22-17-15(13)4-14(20)10-23-17/h1-2,4-5,7-10H,3,6H2,(H,22,23)(H,24,25,26). The first-order valence-electron chi connectivity index (χ1n) is 7.94. The zero-order chi connectivity index (χ0) is 17.9. The Hall–Kier alpha value is -3.06. The van der Waals surface area contributed by atoms with Gasteiger partial charge in [0.2, 0.25) is 5.95 Å². The second-order valence-corrected chi connectivity index (χ2v) is 6.19. The van der Waals surface area contributed by atoms with Crippen LogP contribution in [-0.4, -0.2) is 24.9 Å². The molecule has 0 atom stereocenters. The first-order chi connectivity index (χ1) is 12.7. The molecule has 4 rings (SSSR count). The summed E-state index contributed by atoms with van der Waals surface area (Å²) in [6, 6.07) is 5.10. The van der Waals surface area contributed by atoms with E-state index in [-0.39, 0.29) is 5.82 Å². The maximum absolute atomic E-state index is 13.4. The number of aromatic nitrogens is 5. The van der Waals surface area contributed by atoms with Crippen molar-refractivity contribution in [2.24, 2.45) is 0 Å². The molecule has 0 spiro atoms. The number of anilines is 1. The van der Waals surface area contributed by atoms with Crippen molar-refractivity contribution < 1.29 is 4.39 Å². The van der Waals surface area contributed by atoms with Gasteiger partial charge in [0.15, 0.2) is 0 Å². The Morgan fingerprint density at radius 2 is 1.81 bits per heavy atom. The first kappa shape index (κ1) is 16.4. The summed E-state index contributed by atoms with van der Waals surface area (Å²) >= 11 is 5.77. The van der Waals surface area contributed by atoms with Crippen LogP contribution in [0.5, 0.6) is 0 Å². The molecule has 0 aliphatic rings. The molecule has 4 heterocycles. The molecule has 2 N–H and O–H groups in total. The van der Waals surface area contributed by atoms with Crippen molar-refractivity contribution in [2.75, 3.05) is 5.32 Å². The molecule has 0 aliphatic heterocycles. The normalized spacial score (nSPS) is 11.0. The lowest BCUT2D eigenvalue weighted by Gasteiger charge is -2.05. The van der Waals surface area contributed by atoms with E-state index < -0.39 is 0 Å². The Bertz CT molecular complexity index is 1030. The minimum atomic E-state index is -0.356. The molecular weight excluding hydrogens is 355 g/mol. The molecule has 4 aromatic heterocycles. The van der Waals surface area contributed by atoms with Gasteiger partial charge in [0.1, 0.15) is 16.6 Å². The van der Waals surface area contributed by atoms with Crippen LogP contribution in [0.2, 0.25) is 5.15 Å². The lowest BCUT2D eigenvalue weighted by Crippen LogP contribution is -2.04. The summed E-state index contributed by atoms with van der Waals surface area (Å²) < 4.78 is 13.4. The van der Waals surface area contributed by atoms with Gasteiger partial charge in [-0.25, -0.2) is 24.3 Å². The van der Waals surface area contributed by atoms with Gasteiger partial charge in [-0.05, 0) is 28.8 Å². The summed E-state index contributed by atoms with van der Waals surface area (Å²) in [5.41, 5.74) is 3.52. The molecule has 0 aromatic carbocycles. The van der Waals surface area contributed by atoms with Crippen LogP contribution < -0.4 is 5.32 Å². The Morgan fingerprint density at radius 1 is 1.00 bits per heavy atom. The van der Waals surface area contributed by atoms with Crippen molar-refractivity contribution >= 4 is 28.6 Å². The van der Waals surface area contributed by atoms with Crippen molar-refractivity contribution in [3.63, 3.8) is 0 Å². The lowest BCUT2D eigenvalue weighted by atomic mass is 10.1. The molecule has 0 fully saturated rings. The summed E-state index contributed by atoms with van der Waals surface area (Å²) in [5, 5.41) is 4.36. The van der Waals surface area contributed by atoms with Crippen LogP contribution in [0, 0.1) is 5.82 Å². The highest BCUT2D eigenvalue weighted by atomic mass is 35.5. The second kappa shape index (κ2) is 7.05. The summed E-state index contributed by atoms with van der Waals surface area (Å²) in [6.45, 7) is 0.552. The molecule has 6 nitrogen and oxygen atoms in total. The van der Waals surface area contributed by atoms with Crippen molar-refractivity contribution in [3.05, 3.63) is 76.8 Å². The molecule has 0 saturated carbocycles. The summed E-state index contributed by atoms with van der Waals surface area (Å²) in [7, 11) is 0. The van der Waals surface area contributed by atoms with Crippen LogP contribution in [-0.2, 0) is 13.0 Å². The van der Waals surface area contributed by atoms with Crippen LogP contribution in [0.1, 0.15) is 16.7 Å². The topological polar surface area (TPSA) is 79.4 Å². The number of H-pyrrole nitrogens is 1. The number of pyridine rings is 2. The minimum absolute atomic E-state index is 0.356. The van der Waals surface area contributed by atoms with E-state index in [0.717, 1.165) is 22.1 Å². The number of fused-ring (bicyclic) bond motifs is 1. The minimum Gasteiger partial charge on any atom is -0.350 e. The second-order valence-electron chi connectivity index (χ2n) is 5.80. The highest BCUT2D eigenvalue weighted by Gasteiger charge is 2.08. The molecule has 130 valence electrons. The smallest absolute Gasteiger partial charge is 0.222 e. The maximum Gasteiger partial charge on any atom is 0.222 e. The third-order valence-corrected chi connectivity index (χ3v) is 4.15. The van der Waals surface area contributed by atoms with Gasteiger partial charge in [0.05, 0.1) is 6.20 Å². The van der Waals surface area contributed by atoms with Gasteiger partial charge < -0.3 is 10.3 Å². The Kier molecular flexibility index (Phi) is 4.45. The molecule has 8 heteroatoms. The quantitative estimate of drug-likeness (QED) is 0.524. The van der Waals surface area contributed by atoms with Gasteiger partial charge in [-0.1, -0.05) is 17.7 Å². The fourth-order valence-corrected chi connectivity index (χ4v) is 2.74. The largest absolute Gasteiger partial charge is 0.350 e. The number of nitrogens with one attached hydrogen (secondary N) is 2. The molecule has 4 aromatic rings. The van der Waals surface area contributed by atoms with Gasteiger partial charge in [-0.2, -0.15) is 0 Å². The van der Waals surface area contributed by atoms with Crippen molar-refractivity contribution in [3.8, 4) is 0 Å². The van der Waals surface area contributed by atoms with Gasteiger partial charge in [0.25, 0.3) is 0 Å². The molecule has 0 amide bonds. The van der Waals surface area contributed by atoms with E-state index in [2.05, 4.69) is 30.2 Å². The fourth-order valence-electron chi connectivity index (χ4n) is 2.63. The molecule has 0 bridgehead atoms. The highest BCUT2D eigenvalue weighted by molar-refractivity contribution is 6.29. The summed E-state index contributed by atoms with van der Waals surface area (Å²) in [6.07, 6.45) is 8.82. The van der Waals surface area contributed by atoms with Crippen LogP contribution in [0.15, 0.2) is 49.2 Å². The third kappa shape index (κ3) is 3.62. The SMILES string of the molecule is Fc1cnc2[nH]cc(Cc3cnc(NCc4ccc(Cl)nc4)nc3)c2c1. The van der Waals surface area contributed by atoms with Gasteiger partial charge in [0, 0.05) is 43.1 Å². The van der Waals surface area contributed by atoms with Gasteiger partial charge in [-0.15, -0.1) is 0 Å². The summed E-state index contributed by atoms with van der Waals surface area (Å²) in [4.78, 5) is 19.7. The number of rotatable bonds is 5. The number of hydrogen-bond acceptors (Lipinski definition) is 5. The Labute approximate surface area is 153 Å². The van der Waals surface area contributed by atoms with Crippen molar-refractivity contribution in [1.29, 1.82) is 0 Å². The Balaban J connectivity index is 1.43. The lowest BCUT2D eigenvalue weighted by molar-refractivity contribution is 0.624. The zero-order valence-corrected chi connectivity index (χ0v) is 14.3. The molecule has 0 aliphatic carbocycles. The van der Waals surface area contributed by atoms with Crippen LogP contribution in [0.3, 0.4) is 0 Å². The predicted molar refractivity (Wildman–Crippen MR) is 97.5 cm³/mol. The average Bonchev–Trinajstić information content (AvgIpc) is 3.04. The van der Waals surface area contributed by atoms with E-state index in [1.807, 2.05) is 12.3 Å². The van der Waals surface area contributed by atoms with Crippen LogP contribution >= 0.6 is 11.6 Å². The van der Waals surface area contributed by atoms with Crippen molar-refractivity contribution in [2.45, 2.75) is 13.0 Å². The van der Waals surface area contributed by atoms with E-state index in [1.165, 1.54) is 12.3 Å². The monoisotopic (exact) mass is 368 g/mol. The zero-order valence-electron chi connectivity index (χ0n) is 13.6. The van der Waals surface area contributed by atoms with E-state index >= 15 is 0 Å². The molecular formula is C18H14ClFN6. The fraction of sp³-hybridized carbons (Fsp3) is 0.111. The molecule has 0 radical (unpaired) electrons. The number of nitrogens with zero attached hydrogens (tertiary/aromatic N) is 4. The first-order valence-corrected chi connectivity index (χ1v) is 8.32. The molecule has 26 heavy (non-hydrogen) atoms. The third-order valence-electron chi connectivity index (χ3n) is 3.92. The van der Waals surface area contributed by atoms with Crippen molar-refractivity contribution in [1.82, 2.24) is 24.9 Å². The Morgan fingerprint density at radius 3 is 2.58 bits per heavy atom. The molecule has 0 unspecified atom stereocenters. The molecule has 0 saturated heterocycles. The van der Waals surface area contributed by atoms with E-state index in [9.17, 15) is 4.39 Å². The number of hydrogen-bond donors (Lipinski definition) is 2. The number of halogens is 2. The summed E-state index contributed by atoms with van der Waals surface area (Å²) in [5.74, 6) is 0.168. The van der Waals surface area contributed by atoms with Gasteiger partial charge >= 0.3 is 0 Å². The average molecular weight is 369 g/mol. The van der Waals surface area contributed by atoms with Crippen LogP contribution in [0.4, 0.5) is 10.3 Å². The maximum atomic E-state index is 13.4. The van der Waals surface area contributed by atoms with E-state index in [4.69, 9.17) is 11.6 Å².